The van der Waals surface area contributed by atoms with Crippen LogP contribution in [0.4, 0.5) is 0 Å². The molecule has 0 saturated carbocycles. The van der Waals surface area contributed by atoms with Crippen molar-refractivity contribution in [2.24, 2.45) is 0 Å². The topological polar surface area (TPSA) is 76.1 Å². The summed E-state index contributed by atoms with van der Waals surface area (Å²) in [5, 5.41) is 0. The van der Waals surface area contributed by atoms with Gasteiger partial charge in [-0.15, -0.1) is 0 Å². The molecule has 162 valence electrons. The molecule has 0 saturated heterocycles. The van der Waals surface area contributed by atoms with Gasteiger partial charge in [0.2, 0.25) is 0 Å². The highest BCUT2D eigenvalue weighted by Gasteiger charge is 2.24. The zero-order chi connectivity index (χ0) is 22.8. The summed E-state index contributed by atoms with van der Waals surface area (Å²) >= 11 is 0. The van der Waals surface area contributed by atoms with Crippen LogP contribution in [0.1, 0.15) is 54.9 Å². The lowest BCUT2D eigenvalue weighted by Crippen LogP contribution is -2.31. The lowest BCUT2D eigenvalue weighted by atomic mass is 9.90. The highest BCUT2D eigenvalue weighted by atomic mass is 32.2. The van der Waals surface area contributed by atoms with E-state index in [1.807, 2.05) is 65.0 Å². The molecule has 0 spiro atoms. The second kappa shape index (κ2) is 8.63. The maximum absolute atomic E-state index is 13.1. The molecule has 0 fully saturated rings. The normalized spacial score (nSPS) is 11.9. The third-order valence-corrected chi connectivity index (χ3v) is 6.41. The summed E-state index contributed by atoms with van der Waals surface area (Å²) in [6.45, 7) is 10.0. The van der Waals surface area contributed by atoms with E-state index < -0.39 is 15.9 Å². The van der Waals surface area contributed by atoms with Gasteiger partial charge in [0.25, 0.3) is 15.9 Å². The smallest absolute Gasteiger partial charge is 0.267 e. The van der Waals surface area contributed by atoms with Crippen LogP contribution in [0.25, 0.3) is 11.3 Å². The largest absolute Gasteiger partial charge is 0.268 e. The van der Waals surface area contributed by atoms with Gasteiger partial charge in [-0.3, -0.25) is 9.78 Å². The van der Waals surface area contributed by atoms with Crippen molar-refractivity contribution in [1.29, 1.82) is 0 Å². The van der Waals surface area contributed by atoms with Crippen LogP contribution in [0.3, 0.4) is 0 Å². The lowest BCUT2D eigenvalue weighted by molar-refractivity contribution is 0.0981. The van der Waals surface area contributed by atoms with Crippen LogP contribution in [0.2, 0.25) is 0 Å². The van der Waals surface area contributed by atoms with E-state index in [-0.39, 0.29) is 15.9 Å². The Balaban J connectivity index is 2.04. The number of carbonyl (C=O) groups excluding carboxylic acids is 1. The molecule has 0 atom stereocenters. The molecule has 1 aromatic heterocycles. The zero-order valence-corrected chi connectivity index (χ0v) is 19.4. The van der Waals surface area contributed by atoms with Crippen molar-refractivity contribution in [3.63, 3.8) is 0 Å². The average molecular weight is 437 g/mol. The third kappa shape index (κ3) is 5.20. The number of aryl methyl sites for hydroxylation is 2. The molecule has 6 heteroatoms. The quantitative estimate of drug-likeness (QED) is 0.608. The van der Waals surface area contributed by atoms with Gasteiger partial charge >= 0.3 is 0 Å². The number of pyridine rings is 1. The number of rotatable bonds is 5. The van der Waals surface area contributed by atoms with Gasteiger partial charge in [0.05, 0.1) is 16.2 Å². The summed E-state index contributed by atoms with van der Waals surface area (Å²) < 4.78 is 27.9. The van der Waals surface area contributed by atoms with Gasteiger partial charge in [-0.25, -0.2) is 13.1 Å². The van der Waals surface area contributed by atoms with Crippen molar-refractivity contribution in [2.45, 2.75) is 51.3 Å². The van der Waals surface area contributed by atoms with Gasteiger partial charge < -0.3 is 0 Å². The first kappa shape index (κ1) is 22.7. The fraction of sp³-hybridized carbons (Fsp3) is 0.280. The molecule has 0 bridgehead atoms. The first-order valence-corrected chi connectivity index (χ1v) is 11.7. The predicted molar refractivity (Wildman–Crippen MR) is 124 cm³/mol. The number of benzene rings is 2. The fourth-order valence-electron chi connectivity index (χ4n) is 3.16. The van der Waals surface area contributed by atoms with Crippen molar-refractivity contribution in [1.82, 2.24) is 9.71 Å². The maximum Gasteiger partial charge on any atom is 0.267 e. The minimum Gasteiger partial charge on any atom is -0.268 e. The number of nitrogens with one attached hydrogen (secondary N) is 1. The lowest BCUT2D eigenvalue weighted by Gasteiger charge is -2.20. The van der Waals surface area contributed by atoms with Gasteiger partial charge in [-0.2, -0.15) is 0 Å². The van der Waals surface area contributed by atoms with Crippen LogP contribution < -0.4 is 4.72 Å². The Kier molecular flexibility index (Phi) is 6.32. The van der Waals surface area contributed by atoms with E-state index in [9.17, 15) is 13.2 Å². The number of aromatic nitrogens is 1. The SMILES string of the molecule is CCc1cccc(S(=O)(=O)NC(=O)c2ccc(C(C)(C)C)nc2-c2ccc(C)cc2)c1. The van der Waals surface area contributed by atoms with Gasteiger partial charge in [-0.1, -0.05) is 69.7 Å². The van der Waals surface area contributed by atoms with E-state index in [4.69, 9.17) is 4.98 Å². The highest BCUT2D eigenvalue weighted by molar-refractivity contribution is 7.90. The molecule has 1 heterocycles. The van der Waals surface area contributed by atoms with Crippen molar-refractivity contribution in [2.75, 3.05) is 0 Å². The Hall–Kier alpha value is -2.99. The summed E-state index contributed by atoms with van der Waals surface area (Å²) in [6, 6.07) is 17.7. The van der Waals surface area contributed by atoms with Crippen LogP contribution in [0.5, 0.6) is 0 Å². The molecular formula is C25H28N2O3S. The van der Waals surface area contributed by atoms with E-state index >= 15 is 0 Å². The molecule has 0 aliphatic carbocycles. The Labute approximate surface area is 184 Å². The van der Waals surface area contributed by atoms with Crippen molar-refractivity contribution in [3.8, 4) is 11.3 Å². The molecule has 0 radical (unpaired) electrons. The molecule has 3 aromatic rings. The maximum atomic E-state index is 13.1. The predicted octanol–water partition coefficient (Wildman–Crippen LogP) is 5.04. The van der Waals surface area contributed by atoms with Crippen LogP contribution in [0.15, 0.2) is 65.6 Å². The molecule has 0 aliphatic heterocycles. The average Bonchev–Trinajstić information content (AvgIpc) is 2.73. The van der Waals surface area contributed by atoms with Crippen LogP contribution in [-0.2, 0) is 21.9 Å². The van der Waals surface area contributed by atoms with Gasteiger partial charge in [0, 0.05) is 16.7 Å². The first-order chi connectivity index (χ1) is 14.5. The Morgan fingerprint density at radius 3 is 2.29 bits per heavy atom. The van der Waals surface area contributed by atoms with Crippen LogP contribution in [0, 0.1) is 6.92 Å². The molecule has 3 rings (SSSR count). The van der Waals surface area contributed by atoms with Crippen molar-refractivity contribution < 1.29 is 13.2 Å². The number of hydrogen-bond acceptors (Lipinski definition) is 4. The highest BCUT2D eigenvalue weighted by Crippen LogP contribution is 2.28. The Morgan fingerprint density at radius 2 is 1.68 bits per heavy atom. The second-order valence-corrected chi connectivity index (χ2v) is 10.3. The van der Waals surface area contributed by atoms with Crippen molar-refractivity contribution >= 4 is 15.9 Å². The van der Waals surface area contributed by atoms with Gasteiger partial charge in [-0.05, 0) is 43.2 Å². The Bertz CT molecular complexity index is 1210. The molecule has 2 aromatic carbocycles. The first-order valence-electron chi connectivity index (χ1n) is 10.3. The summed E-state index contributed by atoms with van der Waals surface area (Å²) in [5.41, 5.74) is 3.99. The molecule has 31 heavy (non-hydrogen) atoms. The van der Waals surface area contributed by atoms with E-state index in [0.717, 1.165) is 22.4 Å². The van der Waals surface area contributed by atoms with E-state index in [1.165, 1.54) is 6.07 Å². The molecule has 0 aliphatic rings. The minimum atomic E-state index is -4.01. The number of amides is 1. The van der Waals surface area contributed by atoms with E-state index in [2.05, 4.69) is 4.72 Å². The zero-order valence-electron chi connectivity index (χ0n) is 18.6. The summed E-state index contributed by atoms with van der Waals surface area (Å²) in [4.78, 5) is 17.9. The van der Waals surface area contributed by atoms with Gasteiger partial charge in [0.15, 0.2) is 0 Å². The van der Waals surface area contributed by atoms with E-state index in [0.29, 0.717) is 12.1 Å². The summed E-state index contributed by atoms with van der Waals surface area (Å²) in [7, 11) is -4.01. The van der Waals surface area contributed by atoms with Gasteiger partial charge in [0.1, 0.15) is 0 Å². The van der Waals surface area contributed by atoms with Crippen LogP contribution >= 0.6 is 0 Å². The molecule has 1 amide bonds. The van der Waals surface area contributed by atoms with Crippen LogP contribution in [-0.4, -0.2) is 19.3 Å². The van der Waals surface area contributed by atoms with Crippen molar-refractivity contribution in [3.05, 3.63) is 83.0 Å². The monoisotopic (exact) mass is 436 g/mol. The molecule has 1 N–H and O–H groups in total. The number of sulfonamides is 1. The Morgan fingerprint density at radius 1 is 1.00 bits per heavy atom. The second-order valence-electron chi connectivity index (χ2n) is 8.64. The standard InChI is InChI=1S/C25H28N2O3S/c1-6-18-8-7-9-20(16-18)31(29,30)27-24(28)21-14-15-22(25(3,4)5)26-23(21)19-12-10-17(2)11-13-19/h7-16H,6H2,1-5H3,(H,27,28). The number of nitrogens with zero attached hydrogens (tertiary/aromatic N) is 1. The third-order valence-electron chi connectivity index (χ3n) is 5.08. The molecule has 0 unspecified atom stereocenters. The molecular weight excluding hydrogens is 408 g/mol. The molecule has 5 nitrogen and oxygen atoms in total. The summed E-state index contributed by atoms with van der Waals surface area (Å²) in [5.74, 6) is -0.703. The minimum absolute atomic E-state index is 0.0661. The number of carbonyl (C=O) groups is 1. The summed E-state index contributed by atoms with van der Waals surface area (Å²) in [6.07, 6.45) is 0.701. The number of hydrogen-bond donors (Lipinski definition) is 1. The fourth-order valence-corrected chi connectivity index (χ4v) is 4.20. The van der Waals surface area contributed by atoms with E-state index in [1.54, 1.807) is 24.3 Å².